The molecule has 0 spiro atoms. The number of nitrogens with one attached hydrogen (secondary N) is 1. The SMILES string of the molecule is CNc1ccc(F)cc1Cc1cn(-c2ccc(Cl)cc2)c(Cc2ccc(F)cc2)n1. The third-order valence-corrected chi connectivity index (χ3v) is 5.17. The number of benzene rings is 3. The van der Waals surface area contributed by atoms with Crippen LogP contribution < -0.4 is 5.32 Å². The molecule has 0 aliphatic heterocycles. The number of halogens is 3. The van der Waals surface area contributed by atoms with Gasteiger partial charge in [0.2, 0.25) is 0 Å². The summed E-state index contributed by atoms with van der Waals surface area (Å²) in [4.78, 5) is 4.81. The summed E-state index contributed by atoms with van der Waals surface area (Å²) in [7, 11) is 1.81. The zero-order chi connectivity index (χ0) is 21.1. The number of hydrogen-bond donors (Lipinski definition) is 1. The van der Waals surface area contributed by atoms with Crippen molar-refractivity contribution >= 4 is 17.3 Å². The number of anilines is 1. The van der Waals surface area contributed by atoms with Crippen LogP contribution in [0.2, 0.25) is 5.02 Å². The molecule has 3 nitrogen and oxygen atoms in total. The van der Waals surface area contributed by atoms with Crippen LogP contribution in [0.25, 0.3) is 5.69 Å². The maximum atomic E-state index is 13.8. The molecule has 1 heterocycles. The number of hydrogen-bond acceptors (Lipinski definition) is 2. The van der Waals surface area contributed by atoms with E-state index in [2.05, 4.69) is 5.32 Å². The fourth-order valence-corrected chi connectivity index (χ4v) is 3.57. The lowest BCUT2D eigenvalue weighted by Gasteiger charge is -2.08. The number of nitrogens with zero attached hydrogens (tertiary/aromatic N) is 2. The van der Waals surface area contributed by atoms with Crippen LogP contribution in [-0.2, 0) is 12.8 Å². The molecule has 0 saturated heterocycles. The molecule has 0 bridgehead atoms. The Morgan fingerprint density at radius 1 is 0.900 bits per heavy atom. The Bertz CT molecular complexity index is 1150. The van der Waals surface area contributed by atoms with E-state index >= 15 is 0 Å². The molecule has 6 heteroatoms. The summed E-state index contributed by atoms with van der Waals surface area (Å²) in [5.74, 6) is 0.250. The van der Waals surface area contributed by atoms with Gasteiger partial charge < -0.3 is 9.88 Å². The minimum absolute atomic E-state index is 0.272. The Morgan fingerprint density at radius 2 is 1.60 bits per heavy atom. The lowest BCUT2D eigenvalue weighted by molar-refractivity contribution is 0.626. The lowest BCUT2D eigenvalue weighted by Crippen LogP contribution is -2.01. The molecule has 0 radical (unpaired) electrons. The van der Waals surface area contributed by atoms with Crippen molar-refractivity contribution in [2.45, 2.75) is 12.8 Å². The van der Waals surface area contributed by atoms with Crippen LogP contribution in [0.5, 0.6) is 0 Å². The Hall–Kier alpha value is -3.18. The van der Waals surface area contributed by atoms with Crippen LogP contribution in [0.4, 0.5) is 14.5 Å². The summed E-state index contributed by atoms with van der Waals surface area (Å²) in [6.07, 6.45) is 2.96. The van der Waals surface area contributed by atoms with Gasteiger partial charge in [0.15, 0.2) is 0 Å². The predicted molar refractivity (Wildman–Crippen MR) is 117 cm³/mol. The van der Waals surface area contributed by atoms with Crippen molar-refractivity contribution in [3.05, 3.63) is 112 Å². The molecule has 3 aromatic carbocycles. The quantitative estimate of drug-likeness (QED) is 0.410. The summed E-state index contributed by atoms with van der Waals surface area (Å²) in [6, 6.07) is 18.5. The molecule has 0 fully saturated rings. The average molecular weight is 424 g/mol. The minimum Gasteiger partial charge on any atom is -0.388 e. The fraction of sp³-hybridized carbons (Fsp3) is 0.125. The van der Waals surface area contributed by atoms with E-state index in [-0.39, 0.29) is 11.6 Å². The standard InChI is InChI=1S/C24H20ClF2N3/c1-28-23-11-8-20(27)13-17(23)14-21-15-30(22-9-4-18(25)5-10-22)24(29-21)12-16-2-6-19(26)7-3-16/h2-11,13,15,28H,12,14H2,1H3. The third-order valence-electron chi connectivity index (χ3n) is 4.92. The molecule has 0 saturated carbocycles. The summed E-state index contributed by atoms with van der Waals surface area (Å²) in [5.41, 5.74) is 4.36. The van der Waals surface area contributed by atoms with Crippen LogP contribution >= 0.6 is 11.6 Å². The van der Waals surface area contributed by atoms with Crippen molar-refractivity contribution in [2.75, 3.05) is 12.4 Å². The van der Waals surface area contributed by atoms with Crippen LogP contribution in [0, 0.1) is 11.6 Å². The van der Waals surface area contributed by atoms with Gasteiger partial charge in [-0.2, -0.15) is 0 Å². The summed E-state index contributed by atoms with van der Waals surface area (Å²) >= 11 is 6.04. The number of aromatic nitrogens is 2. The van der Waals surface area contributed by atoms with Gasteiger partial charge in [0.25, 0.3) is 0 Å². The first-order chi connectivity index (χ1) is 14.5. The van der Waals surface area contributed by atoms with Crippen molar-refractivity contribution < 1.29 is 8.78 Å². The van der Waals surface area contributed by atoms with Gasteiger partial charge in [-0.15, -0.1) is 0 Å². The Kier molecular flexibility index (Phi) is 5.81. The summed E-state index contributed by atoms with van der Waals surface area (Å²) in [5, 5.41) is 3.75. The zero-order valence-electron chi connectivity index (χ0n) is 16.4. The molecule has 0 unspecified atom stereocenters. The minimum atomic E-state index is -0.285. The Labute approximate surface area is 179 Å². The molecular weight excluding hydrogens is 404 g/mol. The molecule has 4 aromatic rings. The van der Waals surface area contributed by atoms with Crippen LogP contribution in [-0.4, -0.2) is 16.6 Å². The largest absolute Gasteiger partial charge is 0.388 e. The first-order valence-corrected chi connectivity index (χ1v) is 9.93. The highest BCUT2D eigenvalue weighted by Gasteiger charge is 2.13. The molecule has 0 aliphatic rings. The predicted octanol–water partition coefficient (Wildman–Crippen LogP) is 6.03. The molecule has 0 amide bonds. The third kappa shape index (κ3) is 4.52. The highest BCUT2D eigenvalue weighted by molar-refractivity contribution is 6.30. The first-order valence-electron chi connectivity index (χ1n) is 9.55. The molecule has 0 aliphatic carbocycles. The van der Waals surface area contributed by atoms with Crippen molar-refractivity contribution in [3.8, 4) is 5.69 Å². The number of rotatable bonds is 6. The smallest absolute Gasteiger partial charge is 0.123 e. The highest BCUT2D eigenvalue weighted by Crippen LogP contribution is 2.23. The van der Waals surface area contributed by atoms with Crippen LogP contribution in [0.1, 0.15) is 22.6 Å². The van der Waals surface area contributed by atoms with E-state index in [1.54, 1.807) is 18.2 Å². The van der Waals surface area contributed by atoms with E-state index in [1.807, 2.05) is 42.1 Å². The van der Waals surface area contributed by atoms with Gasteiger partial charge in [0.05, 0.1) is 5.69 Å². The zero-order valence-corrected chi connectivity index (χ0v) is 17.1. The summed E-state index contributed by atoms with van der Waals surface area (Å²) in [6.45, 7) is 0. The molecule has 4 rings (SSSR count). The molecule has 152 valence electrons. The van der Waals surface area contributed by atoms with Crippen molar-refractivity contribution in [1.82, 2.24) is 9.55 Å². The average Bonchev–Trinajstić information content (AvgIpc) is 3.12. The van der Waals surface area contributed by atoms with Crippen molar-refractivity contribution in [3.63, 3.8) is 0 Å². The van der Waals surface area contributed by atoms with Gasteiger partial charge in [-0.05, 0) is 65.7 Å². The van der Waals surface area contributed by atoms with Gasteiger partial charge in [-0.3, -0.25) is 0 Å². The van der Waals surface area contributed by atoms with Gasteiger partial charge in [-0.1, -0.05) is 23.7 Å². The normalized spacial score (nSPS) is 10.9. The molecule has 0 atom stereocenters. The molecule has 30 heavy (non-hydrogen) atoms. The van der Waals surface area contributed by atoms with E-state index in [1.165, 1.54) is 24.3 Å². The molecule has 1 N–H and O–H groups in total. The van der Waals surface area contributed by atoms with Gasteiger partial charge in [0.1, 0.15) is 17.5 Å². The van der Waals surface area contributed by atoms with E-state index in [4.69, 9.17) is 16.6 Å². The van der Waals surface area contributed by atoms with Crippen molar-refractivity contribution in [2.24, 2.45) is 0 Å². The maximum Gasteiger partial charge on any atom is 0.123 e. The fourth-order valence-electron chi connectivity index (χ4n) is 3.44. The van der Waals surface area contributed by atoms with Crippen LogP contribution in [0.15, 0.2) is 72.9 Å². The monoisotopic (exact) mass is 423 g/mol. The Balaban J connectivity index is 1.72. The number of imidazole rings is 1. The van der Waals surface area contributed by atoms with Gasteiger partial charge in [0, 0.05) is 42.5 Å². The lowest BCUT2D eigenvalue weighted by atomic mass is 10.1. The second kappa shape index (κ2) is 8.67. The van der Waals surface area contributed by atoms with Gasteiger partial charge >= 0.3 is 0 Å². The van der Waals surface area contributed by atoms with Crippen molar-refractivity contribution in [1.29, 1.82) is 0 Å². The van der Waals surface area contributed by atoms with Crippen LogP contribution in [0.3, 0.4) is 0 Å². The highest BCUT2D eigenvalue weighted by atomic mass is 35.5. The van der Waals surface area contributed by atoms with E-state index in [0.29, 0.717) is 17.9 Å². The van der Waals surface area contributed by atoms with E-state index in [9.17, 15) is 8.78 Å². The topological polar surface area (TPSA) is 29.9 Å². The maximum absolute atomic E-state index is 13.8. The first kappa shape index (κ1) is 20.1. The second-order valence-corrected chi connectivity index (χ2v) is 7.46. The molecule has 1 aromatic heterocycles. The summed E-state index contributed by atoms with van der Waals surface area (Å²) < 4.78 is 29.1. The second-order valence-electron chi connectivity index (χ2n) is 7.03. The molecular formula is C24H20ClF2N3. The van der Waals surface area contributed by atoms with E-state index in [0.717, 1.165) is 34.0 Å². The Morgan fingerprint density at radius 3 is 2.30 bits per heavy atom. The van der Waals surface area contributed by atoms with E-state index < -0.39 is 0 Å². The van der Waals surface area contributed by atoms with Gasteiger partial charge in [-0.25, -0.2) is 13.8 Å².